The van der Waals surface area contributed by atoms with Crippen molar-refractivity contribution >= 4 is 23.4 Å². The van der Waals surface area contributed by atoms with Gasteiger partial charge in [-0.15, -0.1) is 0 Å². The van der Waals surface area contributed by atoms with Crippen molar-refractivity contribution in [2.24, 2.45) is 0 Å². The number of ether oxygens (including phenoxy) is 1. The second-order valence-electron chi connectivity index (χ2n) is 6.45. The Kier molecular flexibility index (Phi) is 6.20. The summed E-state index contributed by atoms with van der Waals surface area (Å²) in [6, 6.07) is 22.0. The zero-order chi connectivity index (χ0) is 19.2. The maximum atomic E-state index is 12.2. The van der Waals surface area contributed by atoms with Gasteiger partial charge in [0.15, 0.2) is 0 Å². The largest absolute Gasteiger partial charge is 0.497 e. The quantitative estimate of drug-likeness (QED) is 0.604. The third kappa shape index (κ3) is 5.38. The average Bonchev–Trinajstić information content (AvgIpc) is 2.67. The van der Waals surface area contributed by atoms with Crippen LogP contribution in [-0.2, 0) is 11.2 Å². The molecule has 0 fully saturated rings. The molecular formula is C23H23NO2S. The summed E-state index contributed by atoms with van der Waals surface area (Å²) in [6.45, 7) is 4.24. The molecule has 0 saturated carbocycles. The van der Waals surface area contributed by atoms with Gasteiger partial charge in [0.2, 0.25) is 5.91 Å². The van der Waals surface area contributed by atoms with Crippen molar-refractivity contribution in [1.82, 2.24) is 0 Å². The molecule has 0 heterocycles. The number of amides is 1. The van der Waals surface area contributed by atoms with E-state index in [1.807, 2.05) is 48.5 Å². The van der Waals surface area contributed by atoms with Gasteiger partial charge in [0.25, 0.3) is 0 Å². The molecule has 3 aromatic rings. The Morgan fingerprint density at radius 3 is 2.19 bits per heavy atom. The molecule has 0 saturated heterocycles. The van der Waals surface area contributed by atoms with Crippen LogP contribution in [0.3, 0.4) is 0 Å². The Bertz CT molecular complexity index is 918. The number of hydrogen-bond acceptors (Lipinski definition) is 3. The zero-order valence-corrected chi connectivity index (χ0v) is 16.6. The van der Waals surface area contributed by atoms with Crippen molar-refractivity contribution in [2.75, 3.05) is 12.4 Å². The first-order valence-corrected chi connectivity index (χ1v) is 9.63. The molecule has 0 aliphatic rings. The van der Waals surface area contributed by atoms with E-state index in [1.165, 1.54) is 16.0 Å². The topological polar surface area (TPSA) is 38.3 Å². The number of carbonyl (C=O) groups excluding carboxylic acids is 1. The third-order valence-corrected chi connectivity index (χ3v) is 5.37. The van der Waals surface area contributed by atoms with E-state index in [4.69, 9.17) is 4.74 Å². The van der Waals surface area contributed by atoms with Gasteiger partial charge in [-0.25, -0.2) is 0 Å². The lowest BCUT2D eigenvalue weighted by Gasteiger charge is -2.08. The molecule has 0 spiro atoms. The molecule has 0 aromatic heterocycles. The van der Waals surface area contributed by atoms with E-state index < -0.39 is 0 Å². The summed E-state index contributed by atoms with van der Waals surface area (Å²) >= 11 is 1.72. The van der Waals surface area contributed by atoms with Crippen LogP contribution in [0.15, 0.2) is 76.5 Å². The first-order valence-electron chi connectivity index (χ1n) is 8.81. The third-order valence-electron chi connectivity index (χ3n) is 4.38. The first-order chi connectivity index (χ1) is 13.0. The summed E-state index contributed by atoms with van der Waals surface area (Å²) in [5.41, 5.74) is 4.35. The number of carbonyl (C=O) groups is 1. The van der Waals surface area contributed by atoms with Gasteiger partial charge in [0.1, 0.15) is 5.75 Å². The van der Waals surface area contributed by atoms with E-state index in [0.717, 1.165) is 21.9 Å². The van der Waals surface area contributed by atoms with Gasteiger partial charge in [0.05, 0.1) is 13.5 Å². The van der Waals surface area contributed by atoms with E-state index in [-0.39, 0.29) is 5.91 Å². The molecule has 3 aromatic carbocycles. The molecule has 0 bridgehead atoms. The van der Waals surface area contributed by atoms with Gasteiger partial charge in [-0.05, 0) is 79.1 Å². The Labute approximate surface area is 164 Å². The minimum absolute atomic E-state index is 0.0327. The highest BCUT2D eigenvalue weighted by molar-refractivity contribution is 7.99. The fourth-order valence-corrected chi connectivity index (χ4v) is 3.57. The summed E-state index contributed by atoms with van der Waals surface area (Å²) in [4.78, 5) is 14.6. The van der Waals surface area contributed by atoms with Gasteiger partial charge in [-0.3, -0.25) is 4.79 Å². The summed E-state index contributed by atoms with van der Waals surface area (Å²) in [6.07, 6.45) is 0.336. The minimum atomic E-state index is -0.0327. The van der Waals surface area contributed by atoms with Crippen LogP contribution >= 0.6 is 11.8 Å². The molecule has 1 N–H and O–H groups in total. The number of methoxy groups -OCH3 is 1. The molecule has 0 unspecified atom stereocenters. The van der Waals surface area contributed by atoms with Crippen molar-refractivity contribution in [2.45, 2.75) is 30.1 Å². The van der Waals surface area contributed by atoms with Gasteiger partial charge in [0, 0.05) is 15.5 Å². The first kappa shape index (κ1) is 19.1. The maximum absolute atomic E-state index is 12.2. The fourth-order valence-electron chi connectivity index (χ4n) is 2.65. The summed E-state index contributed by atoms with van der Waals surface area (Å²) in [5, 5.41) is 2.95. The Balaban J connectivity index is 1.57. The molecular weight excluding hydrogens is 354 g/mol. The molecule has 1 amide bonds. The van der Waals surface area contributed by atoms with Crippen LogP contribution in [0.4, 0.5) is 5.69 Å². The second-order valence-corrected chi connectivity index (χ2v) is 7.59. The van der Waals surface area contributed by atoms with Crippen molar-refractivity contribution in [1.29, 1.82) is 0 Å². The SMILES string of the molecule is COc1ccc(CC(=O)Nc2ccc(Sc3ccc(C)c(C)c3)cc2)cc1. The molecule has 4 heteroatoms. The van der Waals surface area contributed by atoms with Crippen LogP contribution in [0, 0.1) is 13.8 Å². The highest BCUT2D eigenvalue weighted by Gasteiger charge is 2.05. The molecule has 3 rings (SSSR count). The number of hydrogen-bond donors (Lipinski definition) is 1. The summed E-state index contributed by atoms with van der Waals surface area (Å²) < 4.78 is 5.13. The van der Waals surface area contributed by atoms with Crippen LogP contribution in [0.2, 0.25) is 0 Å². The number of anilines is 1. The van der Waals surface area contributed by atoms with Crippen molar-refractivity contribution in [3.05, 3.63) is 83.4 Å². The van der Waals surface area contributed by atoms with E-state index in [0.29, 0.717) is 6.42 Å². The van der Waals surface area contributed by atoms with Crippen LogP contribution < -0.4 is 10.1 Å². The van der Waals surface area contributed by atoms with E-state index in [1.54, 1.807) is 18.9 Å². The van der Waals surface area contributed by atoms with E-state index in [9.17, 15) is 4.79 Å². The number of rotatable bonds is 6. The monoisotopic (exact) mass is 377 g/mol. The van der Waals surface area contributed by atoms with Crippen LogP contribution in [0.5, 0.6) is 5.75 Å². The fraction of sp³-hybridized carbons (Fsp3) is 0.174. The number of benzene rings is 3. The van der Waals surface area contributed by atoms with Crippen LogP contribution in [0.25, 0.3) is 0 Å². The molecule has 0 radical (unpaired) electrons. The van der Waals surface area contributed by atoms with Gasteiger partial charge < -0.3 is 10.1 Å². The Hall–Kier alpha value is -2.72. The zero-order valence-electron chi connectivity index (χ0n) is 15.8. The van der Waals surface area contributed by atoms with E-state index >= 15 is 0 Å². The standard InChI is InChI=1S/C23H23NO2S/c1-16-4-11-22(14-17(16)2)27-21-12-7-19(8-13-21)24-23(25)15-18-5-9-20(26-3)10-6-18/h4-14H,15H2,1-3H3,(H,24,25). The van der Waals surface area contributed by atoms with Crippen molar-refractivity contribution < 1.29 is 9.53 Å². The lowest BCUT2D eigenvalue weighted by atomic mass is 10.1. The van der Waals surface area contributed by atoms with Gasteiger partial charge in [-0.2, -0.15) is 0 Å². The molecule has 138 valence electrons. The second kappa shape index (κ2) is 8.78. The molecule has 27 heavy (non-hydrogen) atoms. The minimum Gasteiger partial charge on any atom is -0.497 e. The normalized spacial score (nSPS) is 10.5. The maximum Gasteiger partial charge on any atom is 0.228 e. The molecule has 0 atom stereocenters. The smallest absolute Gasteiger partial charge is 0.228 e. The van der Waals surface area contributed by atoms with Crippen LogP contribution in [0.1, 0.15) is 16.7 Å². The summed E-state index contributed by atoms with van der Waals surface area (Å²) in [5.74, 6) is 0.755. The van der Waals surface area contributed by atoms with E-state index in [2.05, 4.69) is 37.4 Å². The number of aryl methyl sites for hydroxylation is 2. The lowest BCUT2D eigenvalue weighted by Crippen LogP contribution is -2.14. The summed E-state index contributed by atoms with van der Waals surface area (Å²) in [7, 11) is 1.63. The van der Waals surface area contributed by atoms with Crippen molar-refractivity contribution in [3.63, 3.8) is 0 Å². The van der Waals surface area contributed by atoms with Gasteiger partial charge in [-0.1, -0.05) is 30.0 Å². The Morgan fingerprint density at radius 1 is 0.889 bits per heavy atom. The number of nitrogens with one attached hydrogen (secondary N) is 1. The molecule has 3 nitrogen and oxygen atoms in total. The predicted molar refractivity (Wildman–Crippen MR) is 112 cm³/mol. The van der Waals surface area contributed by atoms with Crippen LogP contribution in [-0.4, -0.2) is 13.0 Å². The predicted octanol–water partition coefficient (Wildman–Crippen LogP) is 5.64. The Morgan fingerprint density at radius 2 is 1.56 bits per heavy atom. The molecule has 0 aliphatic heterocycles. The average molecular weight is 378 g/mol. The van der Waals surface area contributed by atoms with Gasteiger partial charge >= 0.3 is 0 Å². The highest BCUT2D eigenvalue weighted by Crippen LogP contribution is 2.29. The molecule has 0 aliphatic carbocycles. The highest BCUT2D eigenvalue weighted by atomic mass is 32.2. The van der Waals surface area contributed by atoms with Crippen molar-refractivity contribution in [3.8, 4) is 5.75 Å². The lowest BCUT2D eigenvalue weighted by molar-refractivity contribution is -0.115.